The molecule has 27 heavy (non-hydrogen) atoms. The Balaban J connectivity index is 1.39. The summed E-state index contributed by atoms with van der Waals surface area (Å²) in [7, 11) is 0. The summed E-state index contributed by atoms with van der Waals surface area (Å²) in [4.78, 5) is 14.2. The van der Waals surface area contributed by atoms with Gasteiger partial charge in [-0.2, -0.15) is 0 Å². The second-order valence-electron chi connectivity index (χ2n) is 7.82. The van der Waals surface area contributed by atoms with Crippen molar-refractivity contribution in [3.05, 3.63) is 90.0 Å². The summed E-state index contributed by atoms with van der Waals surface area (Å²) >= 11 is 0. The average molecular weight is 356 g/mol. The maximum Gasteiger partial charge on any atom is 0.0729 e. The molecule has 2 aromatic heterocycles. The summed E-state index contributed by atoms with van der Waals surface area (Å²) in [6, 6.07) is 19.2. The normalized spacial score (nSPS) is 21.7. The van der Waals surface area contributed by atoms with Crippen molar-refractivity contribution in [2.24, 2.45) is 0 Å². The van der Waals surface area contributed by atoms with Crippen molar-refractivity contribution in [2.45, 2.75) is 24.9 Å². The van der Waals surface area contributed by atoms with Crippen LogP contribution in [0.2, 0.25) is 0 Å². The van der Waals surface area contributed by atoms with Crippen LogP contribution in [0.4, 0.5) is 5.69 Å². The molecule has 5 rings (SSSR count). The Labute approximate surface area is 160 Å². The molecule has 0 amide bonds. The molecule has 0 bridgehead atoms. The number of benzene rings is 1. The monoisotopic (exact) mass is 356 g/mol. The molecule has 4 heterocycles. The predicted octanol–water partition coefficient (Wildman–Crippen LogP) is 3.64. The Hall–Kier alpha value is -2.72. The zero-order valence-electron chi connectivity index (χ0n) is 15.5. The van der Waals surface area contributed by atoms with E-state index in [9.17, 15) is 0 Å². The minimum Gasteiger partial charge on any atom is -0.365 e. The quantitative estimate of drug-likeness (QED) is 0.714. The van der Waals surface area contributed by atoms with Crippen LogP contribution in [0.3, 0.4) is 0 Å². The van der Waals surface area contributed by atoms with E-state index < -0.39 is 0 Å². The van der Waals surface area contributed by atoms with Crippen LogP contribution in [0.5, 0.6) is 0 Å². The van der Waals surface area contributed by atoms with Gasteiger partial charge in [0.1, 0.15) is 0 Å². The van der Waals surface area contributed by atoms with E-state index in [1.54, 1.807) is 0 Å². The van der Waals surface area contributed by atoms with Gasteiger partial charge in [0.25, 0.3) is 0 Å². The van der Waals surface area contributed by atoms with Crippen molar-refractivity contribution in [3.8, 4) is 0 Å². The fourth-order valence-corrected chi connectivity index (χ4v) is 4.70. The van der Waals surface area contributed by atoms with Crippen molar-refractivity contribution in [2.75, 3.05) is 24.5 Å². The van der Waals surface area contributed by atoms with Gasteiger partial charge < -0.3 is 4.90 Å². The van der Waals surface area contributed by atoms with E-state index in [-0.39, 0.29) is 5.41 Å². The van der Waals surface area contributed by atoms with Crippen molar-refractivity contribution < 1.29 is 0 Å². The van der Waals surface area contributed by atoms with E-state index >= 15 is 0 Å². The van der Waals surface area contributed by atoms with Crippen molar-refractivity contribution in [3.63, 3.8) is 0 Å². The van der Waals surface area contributed by atoms with E-state index in [1.807, 2.05) is 24.7 Å². The van der Waals surface area contributed by atoms with Crippen LogP contribution in [-0.4, -0.2) is 34.5 Å². The largest absolute Gasteiger partial charge is 0.365 e. The van der Waals surface area contributed by atoms with E-state index in [0.717, 1.165) is 32.7 Å². The maximum absolute atomic E-state index is 4.85. The topological polar surface area (TPSA) is 32.3 Å². The molecule has 2 aliphatic rings. The first-order valence-corrected chi connectivity index (χ1v) is 9.68. The van der Waals surface area contributed by atoms with Crippen LogP contribution < -0.4 is 4.90 Å². The molecule has 1 aromatic carbocycles. The minimum absolute atomic E-state index is 0.146. The first kappa shape index (κ1) is 16.5. The van der Waals surface area contributed by atoms with Crippen molar-refractivity contribution in [1.29, 1.82) is 0 Å². The lowest BCUT2D eigenvalue weighted by molar-refractivity contribution is 0.305. The highest BCUT2D eigenvalue weighted by molar-refractivity contribution is 5.60. The molecule has 1 atom stereocenters. The third-order valence-corrected chi connectivity index (χ3v) is 5.90. The fourth-order valence-electron chi connectivity index (χ4n) is 4.70. The SMILES string of the molecule is c1ccc(CN2CC3(CCN(Cc4cccnc4)C3)c3ncccc32)cc1. The molecule has 0 N–H and O–H groups in total. The number of anilines is 1. The molecule has 0 aliphatic carbocycles. The Morgan fingerprint density at radius 3 is 2.56 bits per heavy atom. The first-order chi connectivity index (χ1) is 13.3. The van der Waals surface area contributed by atoms with Gasteiger partial charge in [-0.15, -0.1) is 0 Å². The number of pyridine rings is 2. The number of hydrogen-bond acceptors (Lipinski definition) is 4. The molecule has 1 fully saturated rings. The highest BCUT2D eigenvalue weighted by Gasteiger charge is 2.48. The highest BCUT2D eigenvalue weighted by atomic mass is 15.2. The Morgan fingerprint density at radius 2 is 1.70 bits per heavy atom. The highest BCUT2D eigenvalue weighted by Crippen LogP contribution is 2.45. The molecule has 1 spiro atoms. The molecule has 1 saturated heterocycles. The van der Waals surface area contributed by atoms with Crippen LogP contribution in [0, 0.1) is 0 Å². The second kappa shape index (κ2) is 6.78. The van der Waals surface area contributed by atoms with E-state index in [0.29, 0.717) is 0 Å². The van der Waals surface area contributed by atoms with E-state index in [2.05, 4.69) is 63.3 Å². The molecule has 0 saturated carbocycles. The summed E-state index contributed by atoms with van der Waals surface area (Å²) in [6.07, 6.45) is 6.94. The van der Waals surface area contributed by atoms with Gasteiger partial charge >= 0.3 is 0 Å². The average Bonchev–Trinajstić information content (AvgIpc) is 3.25. The minimum atomic E-state index is 0.146. The lowest BCUT2D eigenvalue weighted by atomic mass is 9.85. The summed E-state index contributed by atoms with van der Waals surface area (Å²) in [6.45, 7) is 5.15. The number of fused-ring (bicyclic) bond motifs is 2. The summed E-state index contributed by atoms with van der Waals surface area (Å²) in [5.41, 5.74) is 5.39. The molecule has 0 radical (unpaired) electrons. The van der Waals surface area contributed by atoms with Crippen LogP contribution in [0.1, 0.15) is 23.2 Å². The third-order valence-electron chi connectivity index (χ3n) is 5.90. The molecule has 4 nitrogen and oxygen atoms in total. The summed E-state index contributed by atoms with van der Waals surface area (Å²) in [5.74, 6) is 0. The number of nitrogens with zero attached hydrogens (tertiary/aromatic N) is 4. The van der Waals surface area contributed by atoms with Crippen LogP contribution in [0.15, 0.2) is 73.2 Å². The molecule has 2 aliphatic heterocycles. The fraction of sp³-hybridized carbons (Fsp3) is 0.304. The van der Waals surface area contributed by atoms with Gasteiger partial charge in [-0.05, 0) is 42.3 Å². The molecule has 1 unspecified atom stereocenters. The van der Waals surface area contributed by atoms with Crippen LogP contribution in [0.25, 0.3) is 0 Å². The first-order valence-electron chi connectivity index (χ1n) is 9.68. The Morgan fingerprint density at radius 1 is 0.852 bits per heavy atom. The smallest absolute Gasteiger partial charge is 0.0729 e. The Bertz CT molecular complexity index is 912. The lowest BCUT2D eigenvalue weighted by Crippen LogP contribution is -2.36. The molecule has 4 heteroatoms. The molecular weight excluding hydrogens is 332 g/mol. The summed E-state index contributed by atoms with van der Waals surface area (Å²) < 4.78 is 0. The van der Waals surface area contributed by atoms with Crippen molar-refractivity contribution in [1.82, 2.24) is 14.9 Å². The van der Waals surface area contributed by atoms with Gasteiger partial charge in [0.05, 0.1) is 11.4 Å². The Kier molecular flexibility index (Phi) is 4.13. The van der Waals surface area contributed by atoms with Crippen LogP contribution >= 0.6 is 0 Å². The second-order valence-corrected chi connectivity index (χ2v) is 7.82. The van der Waals surface area contributed by atoms with Crippen molar-refractivity contribution >= 4 is 5.69 Å². The third kappa shape index (κ3) is 3.10. The number of likely N-dealkylation sites (tertiary alicyclic amines) is 1. The van der Waals surface area contributed by atoms with Gasteiger partial charge in [0, 0.05) is 50.2 Å². The standard InChI is InChI=1S/C23H24N4/c1-2-6-19(7-3-1)16-27-18-23(22-21(27)9-5-12-25-22)10-13-26(17-23)15-20-8-4-11-24-14-20/h1-9,11-12,14H,10,13,15-18H2. The number of hydrogen-bond donors (Lipinski definition) is 0. The molecule has 3 aromatic rings. The zero-order valence-corrected chi connectivity index (χ0v) is 15.5. The van der Waals surface area contributed by atoms with E-state index in [4.69, 9.17) is 4.98 Å². The molecule has 136 valence electrons. The molecular formula is C23H24N4. The van der Waals surface area contributed by atoms with Gasteiger partial charge in [0.15, 0.2) is 0 Å². The van der Waals surface area contributed by atoms with Gasteiger partial charge in [0.2, 0.25) is 0 Å². The number of rotatable bonds is 4. The van der Waals surface area contributed by atoms with Gasteiger partial charge in [-0.25, -0.2) is 0 Å². The van der Waals surface area contributed by atoms with Gasteiger partial charge in [-0.3, -0.25) is 14.9 Å². The lowest BCUT2D eigenvalue weighted by Gasteiger charge is -2.26. The zero-order chi connectivity index (χ0) is 18.1. The maximum atomic E-state index is 4.85. The number of aromatic nitrogens is 2. The van der Waals surface area contributed by atoms with Gasteiger partial charge in [-0.1, -0.05) is 36.4 Å². The van der Waals surface area contributed by atoms with E-state index in [1.165, 1.54) is 28.9 Å². The van der Waals surface area contributed by atoms with Crippen LogP contribution in [-0.2, 0) is 18.5 Å². The predicted molar refractivity (Wildman–Crippen MR) is 108 cm³/mol. The summed E-state index contributed by atoms with van der Waals surface area (Å²) in [5, 5.41) is 0.